The van der Waals surface area contributed by atoms with E-state index in [9.17, 15) is 0 Å². The summed E-state index contributed by atoms with van der Waals surface area (Å²) >= 11 is 0. The van der Waals surface area contributed by atoms with Crippen LogP contribution in [0.1, 0.15) is 32.1 Å². The average molecular weight is 312 g/mol. The summed E-state index contributed by atoms with van der Waals surface area (Å²) in [4.78, 5) is 0. The fourth-order valence-corrected chi connectivity index (χ4v) is 5.04. The van der Waals surface area contributed by atoms with Crippen molar-refractivity contribution in [2.45, 2.75) is 32.1 Å². The van der Waals surface area contributed by atoms with Crippen LogP contribution >= 0.6 is 0 Å². The minimum absolute atomic E-state index is 0.539. The highest BCUT2D eigenvalue weighted by Crippen LogP contribution is 2.46. The summed E-state index contributed by atoms with van der Waals surface area (Å²) in [5.41, 5.74) is 8.04. The zero-order valence-electron chi connectivity index (χ0n) is 14.1. The van der Waals surface area contributed by atoms with Crippen LogP contribution in [-0.4, -0.2) is 0 Å². The Morgan fingerprint density at radius 3 is 2.75 bits per heavy atom. The van der Waals surface area contributed by atoms with Crippen molar-refractivity contribution in [3.05, 3.63) is 94.7 Å². The van der Waals surface area contributed by atoms with Crippen LogP contribution in [0, 0.1) is 17.8 Å². The first-order valence-electron chi connectivity index (χ1n) is 9.43. The molecule has 0 bridgehead atoms. The van der Waals surface area contributed by atoms with Crippen LogP contribution in [0.25, 0.3) is 0 Å². The molecule has 5 aliphatic rings. The second-order valence-electron chi connectivity index (χ2n) is 7.58. The van der Waals surface area contributed by atoms with Gasteiger partial charge in [-0.2, -0.15) is 0 Å². The molecule has 0 aromatic rings. The fourth-order valence-electron chi connectivity index (χ4n) is 5.04. The molecule has 0 fully saturated rings. The van der Waals surface area contributed by atoms with Gasteiger partial charge in [0.1, 0.15) is 0 Å². The third-order valence-corrected chi connectivity index (χ3v) is 6.27. The van der Waals surface area contributed by atoms with Crippen LogP contribution in [0.15, 0.2) is 94.7 Å². The van der Waals surface area contributed by atoms with Gasteiger partial charge in [-0.1, -0.05) is 66.8 Å². The second kappa shape index (κ2) is 5.77. The highest BCUT2D eigenvalue weighted by molar-refractivity contribution is 5.54. The standard InChI is InChI=1S/C24H24/c1-3-9-21-17(6-1)8-5-11-23(21)20-14-15-24-19(16-20)13-12-18-7-2-4-10-22(18)24/h1-3,5-9,11,14-15,17,19,21H,4,10,12-13,16H2. The number of fused-ring (bicyclic) bond motifs is 3. The summed E-state index contributed by atoms with van der Waals surface area (Å²) < 4.78 is 0. The van der Waals surface area contributed by atoms with Crippen molar-refractivity contribution < 1.29 is 0 Å². The first-order chi connectivity index (χ1) is 11.9. The Balaban J connectivity index is 1.49. The van der Waals surface area contributed by atoms with Gasteiger partial charge in [0, 0.05) is 11.8 Å². The topological polar surface area (TPSA) is 0 Å². The molecule has 0 spiro atoms. The van der Waals surface area contributed by atoms with Gasteiger partial charge in [-0.3, -0.25) is 0 Å². The summed E-state index contributed by atoms with van der Waals surface area (Å²) in [7, 11) is 0. The van der Waals surface area contributed by atoms with Gasteiger partial charge in [0.25, 0.3) is 0 Å². The molecule has 0 aromatic heterocycles. The zero-order chi connectivity index (χ0) is 15.9. The van der Waals surface area contributed by atoms with Gasteiger partial charge in [-0.25, -0.2) is 0 Å². The summed E-state index contributed by atoms with van der Waals surface area (Å²) in [6.45, 7) is 0. The van der Waals surface area contributed by atoms with Crippen LogP contribution in [0.2, 0.25) is 0 Å². The Kier molecular flexibility index (Phi) is 3.43. The lowest BCUT2D eigenvalue weighted by molar-refractivity contribution is 0.517. The van der Waals surface area contributed by atoms with E-state index >= 15 is 0 Å². The quantitative estimate of drug-likeness (QED) is 0.544. The average Bonchev–Trinajstić information content (AvgIpc) is 2.67. The van der Waals surface area contributed by atoms with Crippen LogP contribution in [-0.2, 0) is 0 Å². The Labute approximate surface area is 145 Å². The zero-order valence-corrected chi connectivity index (χ0v) is 14.1. The van der Waals surface area contributed by atoms with Crippen molar-refractivity contribution in [3.8, 4) is 0 Å². The van der Waals surface area contributed by atoms with Crippen molar-refractivity contribution in [2.75, 3.05) is 0 Å². The van der Waals surface area contributed by atoms with Crippen molar-refractivity contribution in [1.82, 2.24) is 0 Å². The summed E-state index contributed by atoms with van der Waals surface area (Å²) in [5, 5.41) is 0. The largest absolute Gasteiger partial charge is 0.0839 e. The van der Waals surface area contributed by atoms with Gasteiger partial charge in [-0.05, 0) is 65.9 Å². The third-order valence-electron chi connectivity index (χ3n) is 6.27. The molecule has 0 saturated heterocycles. The van der Waals surface area contributed by atoms with Crippen LogP contribution in [0.4, 0.5) is 0 Å². The fraction of sp³-hybridized carbons (Fsp3) is 0.333. The Bertz CT molecular complexity index is 801. The molecule has 3 unspecified atom stereocenters. The molecule has 0 aromatic carbocycles. The summed E-state index contributed by atoms with van der Waals surface area (Å²) in [5.74, 6) is 1.83. The lowest BCUT2D eigenvalue weighted by Crippen LogP contribution is -2.22. The molecule has 0 amide bonds. The van der Waals surface area contributed by atoms with E-state index in [1.54, 1.807) is 27.9 Å². The smallest absolute Gasteiger partial charge is 0.0122 e. The van der Waals surface area contributed by atoms with Gasteiger partial charge in [0.15, 0.2) is 0 Å². The number of hydrogen-bond acceptors (Lipinski definition) is 0. The second-order valence-corrected chi connectivity index (χ2v) is 7.58. The maximum absolute atomic E-state index is 2.45. The maximum atomic E-state index is 2.45. The molecule has 0 N–H and O–H groups in total. The molecule has 5 aliphatic carbocycles. The van der Waals surface area contributed by atoms with E-state index in [-0.39, 0.29) is 0 Å². The molecule has 0 heteroatoms. The molecule has 0 radical (unpaired) electrons. The van der Waals surface area contributed by atoms with Crippen molar-refractivity contribution in [3.63, 3.8) is 0 Å². The summed E-state index contributed by atoms with van der Waals surface area (Å²) in [6, 6.07) is 0. The Hall–Kier alpha value is -2.08. The lowest BCUT2D eigenvalue weighted by Gasteiger charge is -2.36. The first kappa shape index (κ1) is 14.3. The molecule has 3 atom stereocenters. The SMILES string of the molecule is C1=CC2C=CC=C(C3=CC=C4C5=C(C=CCC5)CCC4C3)C2C=C1. The van der Waals surface area contributed by atoms with E-state index in [0.29, 0.717) is 11.8 Å². The van der Waals surface area contributed by atoms with E-state index < -0.39 is 0 Å². The predicted octanol–water partition coefficient (Wildman–Crippen LogP) is 6.15. The van der Waals surface area contributed by atoms with Crippen LogP contribution in [0.5, 0.6) is 0 Å². The van der Waals surface area contributed by atoms with E-state index in [1.807, 2.05) is 0 Å². The maximum Gasteiger partial charge on any atom is 0.0122 e. The van der Waals surface area contributed by atoms with Crippen molar-refractivity contribution in [2.24, 2.45) is 17.8 Å². The van der Waals surface area contributed by atoms with Gasteiger partial charge in [0.05, 0.1) is 0 Å². The first-order valence-corrected chi connectivity index (χ1v) is 9.43. The normalized spacial score (nSPS) is 33.3. The van der Waals surface area contributed by atoms with E-state index in [1.165, 1.54) is 32.1 Å². The van der Waals surface area contributed by atoms with Gasteiger partial charge in [-0.15, -0.1) is 0 Å². The predicted molar refractivity (Wildman–Crippen MR) is 101 cm³/mol. The van der Waals surface area contributed by atoms with Crippen LogP contribution < -0.4 is 0 Å². The van der Waals surface area contributed by atoms with E-state index in [4.69, 9.17) is 0 Å². The number of hydrogen-bond donors (Lipinski definition) is 0. The molecule has 0 saturated carbocycles. The van der Waals surface area contributed by atoms with E-state index in [0.717, 1.165) is 5.92 Å². The molecule has 0 heterocycles. The Morgan fingerprint density at radius 2 is 1.75 bits per heavy atom. The number of allylic oxidation sites excluding steroid dienone is 16. The lowest BCUT2D eigenvalue weighted by atomic mass is 9.68. The molecule has 120 valence electrons. The van der Waals surface area contributed by atoms with Crippen molar-refractivity contribution in [1.29, 1.82) is 0 Å². The molecular weight excluding hydrogens is 288 g/mol. The monoisotopic (exact) mass is 312 g/mol. The highest BCUT2D eigenvalue weighted by atomic mass is 14.4. The highest BCUT2D eigenvalue weighted by Gasteiger charge is 2.31. The van der Waals surface area contributed by atoms with Gasteiger partial charge < -0.3 is 0 Å². The number of rotatable bonds is 1. The van der Waals surface area contributed by atoms with Crippen molar-refractivity contribution >= 4 is 0 Å². The Morgan fingerprint density at radius 1 is 0.833 bits per heavy atom. The van der Waals surface area contributed by atoms with Gasteiger partial charge in [0.2, 0.25) is 0 Å². The minimum atomic E-state index is 0.539. The molecular formula is C24H24. The van der Waals surface area contributed by atoms with Gasteiger partial charge >= 0.3 is 0 Å². The molecule has 0 nitrogen and oxygen atoms in total. The molecule has 5 rings (SSSR count). The van der Waals surface area contributed by atoms with E-state index in [2.05, 4.69) is 66.8 Å². The van der Waals surface area contributed by atoms with Crippen LogP contribution in [0.3, 0.4) is 0 Å². The molecule has 0 aliphatic heterocycles. The third kappa shape index (κ3) is 2.28. The summed E-state index contributed by atoms with van der Waals surface area (Å²) in [6.07, 6.45) is 32.0. The minimum Gasteiger partial charge on any atom is -0.0839 e. The molecule has 24 heavy (non-hydrogen) atoms.